The molecule has 0 unspecified atom stereocenters. The fourth-order valence-electron chi connectivity index (χ4n) is 2.62. The number of ketones is 1. The van der Waals surface area contributed by atoms with Gasteiger partial charge in [0.2, 0.25) is 0 Å². The monoisotopic (exact) mass is 297 g/mol. The number of hydrogen-bond acceptors (Lipinski definition) is 4. The highest BCUT2D eigenvalue weighted by Crippen LogP contribution is 2.22. The van der Waals surface area contributed by atoms with Gasteiger partial charge in [-0.05, 0) is 57.3 Å². The van der Waals surface area contributed by atoms with E-state index < -0.39 is 0 Å². The molecule has 1 aliphatic rings. The molecule has 0 saturated carbocycles. The topological polar surface area (TPSA) is 46.6 Å². The number of likely N-dealkylation sites (N-methyl/N-ethyl adjacent to an activating group) is 1. The Morgan fingerprint density at radius 3 is 1.73 bits per heavy atom. The number of aryl methyl sites for hydroxylation is 2. The van der Waals surface area contributed by atoms with Crippen LogP contribution in [0, 0.1) is 13.8 Å². The molecule has 2 aromatic rings. The molecular weight excluding hydrogens is 278 g/mol. The lowest BCUT2D eigenvalue weighted by molar-refractivity contribution is -0.113. The highest BCUT2D eigenvalue weighted by molar-refractivity contribution is 6.14. The van der Waals surface area contributed by atoms with Crippen molar-refractivity contribution in [2.24, 2.45) is 0 Å². The van der Waals surface area contributed by atoms with Crippen molar-refractivity contribution in [3.05, 3.63) is 58.5 Å². The minimum atomic E-state index is 0.0567. The van der Waals surface area contributed by atoms with Gasteiger partial charge in [0, 0.05) is 24.2 Å². The smallest absolute Gasteiger partial charge is 0.187 e. The second-order valence-electron chi connectivity index (χ2n) is 5.74. The van der Waals surface area contributed by atoms with Gasteiger partial charge in [-0.25, -0.2) is 0 Å². The molecule has 0 radical (unpaired) electrons. The van der Waals surface area contributed by atoms with Crippen molar-refractivity contribution in [2.45, 2.75) is 13.8 Å². The lowest BCUT2D eigenvalue weighted by Gasteiger charge is -2.25. The molecule has 0 spiro atoms. The Hall–Kier alpha value is -2.33. The van der Waals surface area contributed by atoms with E-state index in [1.165, 1.54) is 0 Å². The summed E-state index contributed by atoms with van der Waals surface area (Å²) in [5.41, 5.74) is 1.47. The van der Waals surface area contributed by atoms with Crippen LogP contribution in [0.15, 0.2) is 44.2 Å². The summed E-state index contributed by atoms with van der Waals surface area (Å²) in [5, 5.41) is 0. The third kappa shape index (κ3) is 3.12. The Bertz CT molecular complexity index is 699. The number of carbonyl (C=O) groups excluding carboxylic acids is 1. The fraction of sp³-hybridized carbons (Fsp3) is 0.278. The summed E-state index contributed by atoms with van der Waals surface area (Å²) < 4.78 is 11.1. The molecule has 0 amide bonds. The van der Waals surface area contributed by atoms with Crippen LogP contribution in [0.2, 0.25) is 0 Å². The van der Waals surface area contributed by atoms with E-state index in [1.54, 1.807) is 0 Å². The van der Waals surface area contributed by atoms with Gasteiger partial charge >= 0.3 is 0 Å². The average molecular weight is 297 g/mol. The first-order chi connectivity index (χ1) is 10.5. The van der Waals surface area contributed by atoms with Crippen molar-refractivity contribution in [3.8, 4) is 0 Å². The molecular formula is C18H19NO3. The number of furan rings is 2. The summed E-state index contributed by atoms with van der Waals surface area (Å²) >= 11 is 0. The van der Waals surface area contributed by atoms with Gasteiger partial charge in [-0.1, -0.05) is 0 Å². The second kappa shape index (κ2) is 5.81. The number of carbonyl (C=O) groups is 1. The highest BCUT2D eigenvalue weighted by atomic mass is 16.3. The van der Waals surface area contributed by atoms with E-state index in [-0.39, 0.29) is 5.78 Å². The maximum atomic E-state index is 12.6. The summed E-state index contributed by atoms with van der Waals surface area (Å²) in [4.78, 5) is 14.7. The minimum Gasteiger partial charge on any atom is -0.462 e. The van der Waals surface area contributed by atoms with E-state index in [4.69, 9.17) is 8.83 Å². The molecule has 2 aromatic heterocycles. The third-order valence-electron chi connectivity index (χ3n) is 3.62. The molecule has 4 heteroatoms. The van der Waals surface area contributed by atoms with E-state index >= 15 is 0 Å². The van der Waals surface area contributed by atoms with E-state index in [9.17, 15) is 4.79 Å². The van der Waals surface area contributed by atoms with Crippen LogP contribution in [0.4, 0.5) is 0 Å². The van der Waals surface area contributed by atoms with E-state index in [0.717, 1.165) is 22.7 Å². The number of piperidine rings is 1. The van der Waals surface area contributed by atoms with E-state index in [2.05, 4.69) is 4.90 Å². The quantitative estimate of drug-likeness (QED) is 0.796. The summed E-state index contributed by atoms with van der Waals surface area (Å²) in [6, 6.07) is 7.55. The molecule has 1 fully saturated rings. The first-order valence-electron chi connectivity index (χ1n) is 7.28. The standard InChI is InChI=1S/C18H19NO3/c1-12-4-6-16(21-12)8-14-10-19(3)11-15(18(14)20)9-17-7-5-13(2)22-17/h4-9H,10-11H2,1-3H3/b14-8+,15-9+. The van der Waals surface area contributed by atoms with Gasteiger partial charge in [-0.15, -0.1) is 0 Å². The Labute approximate surface area is 129 Å². The predicted octanol–water partition coefficient (Wildman–Crippen LogP) is 3.47. The Morgan fingerprint density at radius 2 is 1.36 bits per heavy atom. The third-order valence-corrected chi connectivity index (χ3v) is 3.62. The van der Waals surface area contributed by atoms with Gasteiger partial charge in [0.15, 0.2) is 5.78 Å². The van der Waals surface area contributed by atoms with Crippen LogP contribution in [0.3, 0.4) is 0 Å². The van der Waals surface area contributed by atoms with Gasteiger partial charge in [-0.2, -0.15) is 0 Å². The molecule has 0 aromatic carbocycles. The molecule has 114 valence electrons. The molecule has 4 nitrogen and oxygen atoms in total. The first-order valence-corrected chi connectivity index (χ1v) is 7.28. The SMILES string of the molecule is Cc1ccc(/C=C2\CN(C)C/C(=C\c3ccc(C)o3)C2=O)o1. The Kier molecular flexibility index (Phi) is 3.86. The summed E-state index contributed by atoms with van der Waals surface area (Å²) in [5.74, 6) is 3.16. The summed E-state index contributed by atoms with van der Waals surface area (Å²) in [6.45, 7) is 5.02. The van der Waals surface area contributed by atoms with Crippen LogP contribution in [-0.2, 0) is 4.79 Å². The summed E-state index contributed by atoms with van der Waals surface area (Å²) in [6.07, 6.45) is 3.65. The zero-order chi connectivity index (χ0) is 15.7. The van der Waals surface area contributed by atoms with E-state index in [1.807, 2.05) is 57.3 Å². The molecule has 22 heavy (non-hydrogen) atoms. The van der Waals surface area contributed by atoms with Gasteiger partial charge < -0.3 is 8.83 Å². The maximum Gasteiger partial charge on any atom is 0.187 e. The van der Waals surface area contributed by atoms with Crippen LogP contribution >= 0.6 is 0 Å². The lowest BCUT2D eigenvalue weighted by Crippen LogP contribution is -2.34. The highest BCUT2D eigenvalue weighted by Gasteiger charge is 2.24. The number of hydrogen-bond donors (Lipinski definition) is 0. The van der Waals surface area contributed by atoms with Crippen molar-refractivity contribution >= 4 is 17.9 Å². The predicted molar refractivity (Wildman–Crippen MR) is 85.3 cm³/mol. The van der Waals surface area contributed by atoms with Crippen LogP contribution in [0.5, 0.6) is 0 Å². The number of rotatable bonds is 2. The average Bonchev–Trinajstić information content (AvgIpc) is 3.04. The van der Waals surface area contributed by atoms with Crippen LogP contribution in [0.1, 0.15) is 23.0 Å². The van der Waals surface area contributed by atoms with Crippen molar-refractivity contribution in [3.63, 3.8) is 0 Å². The van der Waals surface area contributed by atoms with Gasteiger partial charge in [0.1, 0.15) is 23.0 Å². The molecule has 0 atom stereocenters. The fourth-order valence-corrected chi connectivity index (χ4v) is 2.62. The van der Waals surface area contributed by atoms with Gasteiger partial charge in [-0.3, -0.25) is 9.69 Å². The van der Waals surface area contributed by atoms with E-state index in [0.29, 0.717) is 24.6 Å². The normalized spacial score (nSPS) is 20.2. The molecule has 1 saturated heterocycles. The lowest BCUT2D eigenvalue weighted by atomic mass is 9.96. The van der Waals surface area contributed by atoms with Crippen LogP contribution < -0.4 is 0 Å². The molecule has 0 aliphatic carbocycles. The van der Waals surface area contributed by atoms with Crippen molar-refractivity contribution in [1.82, 2.24) is 4.90 Å². The zero-order valence-electron chi connectivity index (χ0n) is 13.1. The number of nitrogens with zero attached hydrogens (tertiary/aromatic N) is 1. The first kappa shape index (κ1) is 14.6. The van der Waals surface area contributed by atoms with Gasteiger partial charge in [0.05, 0.1) is 0 Å². The van der Waals surface area contributed by atoms with Gasteiger partial charge in [0.25, 0.3) is 0 Å². The van der Waals surface area contributed by atoms with Crippen LogP contribution in [-0.4, -0.2) is 30.8 Å². The molecule has 3 rings (SSSR count). The number of Topliss-reactive ketones (excluding diaryl/α,β-unsaturated/α-hetero) is 1. The molecule has 3 heterocycles. The van der Waals surface area contributed by atoms with Crippen molar-refractivity contribution in [2.75, 3.05) is 20.1 Å². The summed E-state index contributed by atoms with van der Waals surface area (Å²) in [7, 11) is 1.99. The molecule has 0 N–H and O–H groups in total. The minimum absolute atomic E-state index is 0.0567. The largest absolute Gasteiger partial charge is 0.462 e. The zero-order valence-corrected chi connectivity index (χ0v) is 13.1. The Morgan fingerprint density at radius 1 is 0.909 bits per heavy atom. The van der Waals surface area contributed by atoms with Crippen molar-refractivity contribution < 1.29 is 13.6 Å². The maximum absolute atomic E-state index is 12.6. The Balaban J connectivity index is 1.91. The molecule has 1 aliphatic heterocycles. The molecule has 0 bridgehead atoms. The number of likely N-dealkylation sites (tertiary alicyclic amines) is 1. The van der Waals surface area contributed by atoms with Crippen LogP contribution in [0.25, 0.3) is 12.2 Å². The second-order valence-corrected chi connectivity index (χ2v) is 5.74. The van der Waals surface area contributed by atoms with Crippen molar-refractivity contribution in [1.29, 1.82) is 0 Å².